The van der Waals surface area contributed by atoms with E-state index in [4.69, 9.17) is 4.74 Å². The topological polar surface area (TPSA) is 32.7 Å². The van der Waals surface area contributed by atoms with Crippen LogP contribution in [0, 0.1) is 5.82 Å². The van der Waals surface area contributed by atoms with Crippen LogP contribution in [0.4, 0.5) is 4.39 Å². The zero-order chi connectivity index (χ0) is 14.9. The molecule has 1 heterocycles. The molecule has 1 saturated carbocycles. The summed E-state index contributed by atoms with van der Waals surface area (Å²) < 4.78 is 18.9. The maximum Gasteiger partial charge on any atom is 0.165 e. The first-order valence-electron chi connectivity index (χ1n) is 7.94. The third-order valence-corrected chi connectivity index (χ3v) is 5.21. The maximum atomic E-state index is 14.0. The van der Waals surface area contributed by atoms with Gasteiger partial charge in [0, 0.05) is 0 Å². The fraction of sp³-hybridized carbons (Fsp3) is 0.647. The molecule has 0 spiro atoms. The van der Waals surface area contributed by atoms with Gasteiger partial charge in [-0.05, 0) is 56.5 Å². The number of methoxy groups -OCH3 is 1. The van der Waals surface area contributed by atoms with E-state index in [1.807, 2.05) is 0 Å². The first kappa shape index (κ1) is 14.8. The number of aliphatic hydroxyl groups is 1. The summed E-state index contributed by atoms with van der Waals surface area (Å²) in [6.45, 7) is 2.10. The summed E-state index contributed by atoms with van der Waals surface area (Å²) in [5.41, 5.74) is 0.472. The average Bonchev–Trinajstić information content (AvgIpc) is 3.17. The molecule has 1 N–H and O–H groups in total. The van der Waals surface area contributed by atoms with E-state index < -0.39 is 11.9 Å². The molecule has 0 aromatic heterocycles. The molecule has 1 atom stereocenters. The molecule has 1 aromatic rings. The highest BCUT2D eigenvalue weighted by Gasteiger charge is 2.46. The van der Waals surface area contributed by atoms with Crippen molar-refractivity contribution in [2.45, 2.75) is 50.2 Å². The van der Waals surface area contributed by atoms with Gasteiger partial charge in [0.15, 0.2) is 11.6 Å². The lowest BCUT2D eigenvalue weighted by molar-refractivity contribution is -0.0197. The van der Waals surface area contributed by atoms with Gasteiger partial charge in [0.2, 0.25) is 0 Å². The van der Waals surface area contributed by atoms with Crippen molar-refractivity contribution in [3.63, 3.8) is 0 Å². The maximum absolute atomic E-state index is 14.0. The molecule has 3 nitrogen and oxygen atoms in total. The highest BCUT2D eigenvalue weighted by molar-refractivity contribution is 5.32. The Kier molecular flexibility index (Phi) is 4.18. The number of nitrogens with zero attached hydrogens (tertiary/aromatic N) is 1. The lowest BCUT2D eigenvalue weighted by Gasteiger charge is -2.43. The minimum Gasteiger partial charge on any atom is -0.494 e. The first-order chi connectivity index (χ1) is 10.2. The van der Waals surface area contributed by atoms with Crippen LogP contribution in [0.5, 0.6) is 5.75 Å². The summed E-state index contributed by atoms with van der Waals surface area (Å²) in [5, 5.41) is 11.0. The van der Waals surface area contributed by atoms with Crippen LogP contribution in [0.3, 0.4) is 0 Å². The van der Waals surface area contributed by atoms with Crippen LogP contribution >= 0.6 is 0 Å². The molecule has 1 aromatic carbocycles. The van der Waals surface area contributed by atoms with Crippen LogP contribution in [0.25, 0.3) is 0 Å². The molecule has 2 fully saturated rings. The van der Waals surface area contributed by atoms with E-state index in [-0.39, 0.29) is 11.3 Å². The number of rotatable bonds is 4. The van der Waals surface area contributed by atoms with Crippen molar-refractivity contribution in [3.05, 3.63) is 29.6 Å². The van der Waals surface area contributed by atoms with Crippen molar-refractivity contribution in [1.82, 2.24) is 4.90 Å². The van der Waals surface area contributed by atoms with E-state index in [2.05, 4.69) is 4.90 Å². The monoisotopic (exact) mass is 293 g/mol. The Bertz CT molecular complexity index is 494. The van der Waals surface area contributed by atoms with E-state index in [1.165, 1.54) is 26.0 Å². The molecule has 2 aliphatic rings. The van der Waals surface area contributed by atoms with Gasteiger partial charge in [-0.15, -0.1) is 0 Å². The number of hydrogen-bond donors (Lipinski definition) is 1. The third kappa shape index (κ3) is 2.55. The minimum absolute atomic E-state index is 0.197. The fourth-order valence-corrected chi connectivity index (χ4v) is 4.08. The second-order valence-electron chi connectivity index (χ2n) is 6.30. The predicted octanol–water partition coefficient (Wildman–Crippen LogP) is 3.28. The van der Waals surface area contributed by atoms with E-state index >= 15 is 0 Å². The summed E-state index contributed by atoms with van der Waals surface area (Å²) in [6.07, 6.45) is 6.07. The van der Waals surface area contributed by atoms with Crippen molar-refractivity contribution in [2.75, 3.05) is 20.2 Å². The average molecular weight is 293 g/mol. The molecule has 0 bridgehead atoms. The Hall–Kier alpha value is -1.13. The van der Waals surface area contributed by atoms with Gasteiger partial charge in [0.1, 0.15) is 0 Å². The van der Waals surface area contributed by atoms with Crippen molar-refractivity contribution >= 4 is 0 Å². The van der Waals surface area contributed by atoms with Gasteiger partial charge in [0.05, 0.1) is 18.8 Å². The molecule has 0 radical (unpaired) electrons. The molecular weight excluding hydrogens is 269 g/mol. The molecular formula is C17H24FNO2. The number of halogens is 1. The van der Waals surface area contributed by atoms with E-state index in [0.717, 1.165) is 38.8 Å². The van der Waals surface area contributed by atoms with Gasteiger partial charge in [-0.25, -0.2) is 4.39 Å². The van der Waals surface area contributed by atoms with Crippen molar-refractivity contribution in [2.24, 2.45) is 0 Å². The highest BCUT2D eigenvalue weighted by atomic mass is 19.1. The molecule has 116 valence electrons. The lowest BCUT2D eigenvalue weighted by Crippen LogP contribution is -2.49. The van der Waals surface area contributed by atoms with Gasteiger partial charge < -0.3 is 9.84 Å². The number of aliphatic hydroxyl groups excluding tert-OH is 1. The van der Waals surface area contributed by atoms with Gasteiger partial charge >= 0.3 is 0 Å². The molecule has 4 heteroatoms. The van der Waals surface area contributed by atoms with Gasteiger partial charge in [0.25, 0.3) is 0 Å². The van der Waals surface area contributed by atoms with Crippen LogP contribution in [0.15, 0.2) is 18.2 Å². The molecule has 1 aliphatic carbocycles. The van der Waals surface area contributed by atoms with Crippen LogP contribution in [0.2, 0.25) is 0 Å². The Morgan fingerprint density at radius 3 is 2.43 bits per heavy atom. The normalized spacial score (nSPS) is 23.4. The molecule has 0 amide bonds. The highest BCUT2D eigenvalue weighted by Crippen LogP contribution is 2.46. The van der Waals surface area contributed by atoms with E-state index in [9.17, 15) is 9.50 Å². The van der Waals surface area contributed by atoms with Crippen LogP contribution in [-0.4, -0.2) is 35.7 Å². The molecule has 3 rings (SSSR count). The number of likely N-dealkylation sites (tertiary alicyclic amines) is 1. The quantitative estimate of drug-likeness (QED) is 0.924. The predicted molar refractivity (Wildman–Crippen MR) is 79.9 cm³/mol. The third-order valence-electron chi connectivity index (χ3n) is 5.21. The molecule has 1 aliphatic heterocycles. The second kappa shape index (κ2) is 5.93. The van der Waals surface area contributed by atoms with Gasteiger partial charge in [-0.3, -0.25) is 4.90 Å². The Balaban J connectivity index is 1.90. The fourth-order valence-electron chi connectivity index (χ4n) is 4.08. The first-order valence-corrected chi connectivity index (χ1v) is 7.94. The number of ether oxygens (including phenoxy) is 1. The summed E-state index contributed by atoms with van der Waals surface area (Å²) in [7, 11) is 1.46. The molecule has 21 heavy (non-hydrogen) atoms. The SMILES string of the molecule is COc1ccc(C(O)C2(N3CCCC3)CCCC2)cc1F. The van der Waals surface area contributed by atoms with Crippen LogP contribution in [-0.2, 0) is 0 Å². The Morgan fingerprint density at radius 1 is 1.19 bits per heavy atom. The molecule has 1 unspecified atom stereocenters. The Morgan fingerprint density at radius 2 is 1.86 bits per heavy atom. The minimum atomic E-state index is -0.626. The van der Waals surface area contributed by atoms with Crippen molar-refractivity contribution < 1.29 is 14.2 Å². The Labute approximate surface area is 125 Å². The lowest BCUT2D eigenvalue weighted by atomic mass is 9.84. The van der Waals surface area contributed by atoms with Gasteiger partial charge in [-0.1, -0.05) is 18.9 Å². The summed E-state index contributed by atoms with van der Waals surface area (Å²) in [6, 6.07) is 4.84. The zero-order valence-electron chi connectivity index (χ0n) is 12.6. The molecule has 1 saturated heterocycles. The van der Waals surface area contributed by atoms with Crippen LogP contribution < -0.4 is 4.74 Å². The standard InChI is InChI=1S/C17H24FNO2/c1-21-15-7-6-13(12-14(15)18)16(20)17(8-2-3-9-17)19-10-4-5-11-19/h6-7,12,16,20H,2-5,8-11H2,1H3. The van der Waals surface area contributed by atoms with E-state index in [1.54, 1.807) is 12.1 Å². The second-order valence-corrected chi connectivity index (χ2v) is 6.30. The summed E-state index contributed by atoms with van der Waals surface area (Å²) in [4.78, 5) is 2.44. The van der Waals surface area contributed by atoms with E-state index in [0.29, 0.717) is 5.56 Å². The number of benzene rings is 1. The summed E-state index contributed by atoms with van der Waals surface area (Å²) in [5.74, 6) is -0.170. The van der Waals surface area contributed by atoms with Crippen molar-refractivity contribution in [3.8, 4) is 5.75 Å². The van der Waals surface area contributed by atoms with Gasteiger partial charge in [-0.2, -0.15) is 0 Å². The summed E-state index contributed by atoms with van der Waals surface area (Å²) >= 11 is 0. The zero-order valence-corrected chi connectivity index (χ0v) is 12.6. The smallest absolute Gasteiger partial charge is 0.165 e. The van der Waals surface area contributed by atoms with Crippen LogP contribution in [0.1, 0.15) is 50.2 Å². The largest absolute Gasteiger partial charge is 0.494 e. The number of hydrogen-bond acceptors (Lipinski definition) is 3. The van der Waals surface area contributed by atoms with Crippen molar-refractivity contribution in [1.29, 1.82) is 0 Å².